The van der Waals surface area contributed by atoms with E-state index in [0.29, 0.717) is 27.8 Å². The van der Waals surface area contributed by atoms with E-state index in [1.807, 2.05) is 0 Å². The molecule has 0 aliphatic heterocycles. The summed E-state index contributed by atoms with van der Waals surface area (Å²) in [5.41, 5.74) is 0.837. The molecule has 1 heterocycles. The number of halogens is 1. The quantitative estimate of drug-likeness (QED) is 0.895. The Morgan fingerprint density at radius 1 is 1.32 bits per heavy atom. The number of aromatic nitrogens is 1. The highest BCUT2D eigenvalue weighted by Crippen LogP contribution is 2.38. The van der Waals surface area contributed by atoms with Gasteiger partial charge in [0.15, 0.2) is 10.9 Å². The Morgan fingerprint density at radius 3 is 2.77 bits per heavy atom. The first-order chi connectivity index (χ1) is 10.4. The number of benzene rings is 1. The zero-order chi connectivity index (χ0) is 15.9. The minimum absolute atomic E-state index is 0.0424. The zero-order valence-corrected chi connectivity index (χ0v) is 13.8. The van der Waals surface area contributed by atoms with Gasteiger partial charge in [-0.1, -0.05) is 37.6 Å². The molecule has 0 radical (unpaired) electrons. The molecular formula is C16H15ClN2O2S. The number of carbonyl (C=O) groups excluding carboxylic acids is 2. The standard InChI is InChI=1S/C16H15ClN2O2S/c1-16(2)7-11(20)13-12(8-16)22-15(18-13)19-14(21)9-5-3-4-6-10(9)17/h3-6H,7-8H2,1-2H3,(H,18,19,21). The first-order valence-electron chi connectivity index (χ1n) is 6.94. The summed E-state index contributed by atoms with van der Waals surface area (Å²) in [5, 5.41) is 3.57. The summed E-state index contributed by atoms with van der Waals surface area (Å²) in [5.74, 6) is -0.274. The number of nitrogens with one attached hydrogen (secondary N) is 1. The first-order valence-corrected chi connectivity index (χ1v) is 8.14. The van der Waals surface area contributed by atoms with Gasteiger partial charge in [0.2, 0.25) is 0 Å². The number of hydrogen-bond acceptors (Lipinski definition) is 4. The average Bonchev–Trinajstić information content (AvgIpc) is 2.80. The summed E-state index contributed by atoms with van der Waals surface area (Å²) in [6.45, 7) is 4.13. The Kier molecular flexibility index (Phi) is 3.78. The van der Waals surface area contributed by atoms with Gasteiger partial charge in [0.1, 0.15) is 5.69 Å². The molecule has 4 nitrogen and oxygen atoms in total. The first kappa shape index (κ1) is 15.2. The van der Waals surface area contributed by atoms with Crippen molar-refractivity contribution < 1.29 is 9.59 Å². The van der Waals surface area contributed by atoms with E-state index in [9.17, 15) is 9.59 Å². The number of thiazole rings is 1. The van der Waals surface area contributed by atoms with Crippen molar-refractivity contribution in [2.75, 3.05) is 5.32 Å². The molecule has 1 aromatic carbocycles. The van der Waals surface area contributed by atoms with Gasteiger partial charge >= 0.3 is 0 Å². The smallest absolute Gasteiger partial charge is 0.258 e. The maximum Gasteiger partial charge on any atom is 0.258 e. The molecule has 114 valence electrons. The van der Waals surface area contributed by atoms with Crippen molar-refractivity contribution in [2.24, 2.45) is 5.41 Å². The van der Waals surface area contributed by atoms with E-state index in [4.69, 9.17) is 11.6 Å². The monoisotopic (exact) mass is 334 g/mol. The van der Waals surface area contributed by atoms with Crippen LogP contribution in [0.25, 0.3) is 0 Å². The van der Waals surface area contributed by atoms with Crippen LogP contribution in [0.4, 0.5) is 5.13 Å². The van der Waals surface area contributed by atoms with Crippen LogP contribution in [-0.4, -0.2) is 16.7 Å². The molecule has 0 saturated heterocycles. The van der Waals surface area contributed by atoms with Crippen molar-refractivity contribution in [1.82, 2.24) is 4.98 Å². The lowest BCUT2D eigenvalue weighted by Crippen LogP contribution is -2.26. The van der Waals surface area contributed by atoms with Gasteiger partial charge < -0.3 is 0 Å². The Bertz CT molecular complexity index is 767. The number of rotatable bonds is 2. The summed E-state index contributed by atoms with van der Waals surface area (Å²) in [6, 6.07) is 6.83. The van der Waals surface area contributed by atoms with Crippen molar-refractivity contribution >= 4 is 39.8 Å². The minimum Gasteiger partial charge on any atom is -0.298 e. The van der Waals surface area contributed by atoms with Gasteiger partial charge in [-0.15, -0.1) is 11.3 Å². The van der Waals surface area contributed by atoms with Crippen molar-refractivity contribution in [3.05, 3.63) is 45.4 Å². The molecular weight excluding hydrogens is 320 g/mol. The third kappa shape index (κ3) is 2.91. The van der Waals surface area contributed by atoms with E-state index >= 15 is 0 Å². The maximum absolute atomic E-state index is 12.2. The number of Topliss-reactive ketones (excluding diaryl/α,β-unsaturated/α-hetero) is 1. The van der Waals surface area contributed by atoms with Crippen LogP contribution in [0.15, 0.2) is 24.3 Å². The van der Waals surface area contributed by atoms with Crippen molar-refractivity contribution in [3.63, 3.8) is 0 Å². The van der Waals surface area contributed by atoms with E-state index in [1.165, 1.54) is 11.3 Å². The van der Waals surface area contributed by atoms with E-state index in [2.05, 4.69) is 24.1 Å². The molecule has 0 fully saturated rings. The van der Waals surface area contributed by atoms with Crippen molar-refractivity contribution in [2.45, 2.75) is 26.7 Å². The maximum atomic E-state index is 12.2. The van der Waals surface area contributed by atoms with E-state index in [0.717, 1.165) is 11.3 Å². The van der Waals surface area contributed by atoms with Crippen LogP contribution in [0.2, 0.25) is 5.02 Å². The van der Waals surface area contributed by atoms with Gasteiger partial charge in [0.05, 0.1) is 10.6 Å². The number of amides is 1. The number of hydrogen-bond donors (Lipinski definition) is 1. The average molecular weight is 335 g/mol. The summed E-state index contributed by atoms with van der Waals surface area (Å²) < 4.78 is 0. The third-order valence-electron chi connectivity index (χ3n) is 3.58. The van der Waals surface area contributed by atoms with Gasteiger partial charge in [-0.25, -0.2) is 4.98 Å². The fourth-order valence-electron chi connectivity index (χ4n) is 2.57. The molecule has 0 saturated carbocycles. The number of anilines is 1. The second-order valence-electron chi connectivity index (χ2n) is 6.17. The summed E-state index contributed by atoms with van der Waals surface area (Å²) in [4.78, 5) is 29.6. The summed E-state index contributed by atoms with van der Waals surface area (Å²) in [6.07, 6.45) is 1.29. The Morgan fingerprint density at radius 2 is 2.05 bits per heavy atom. The molecule has 22 heavy (non-hydrogen) atoms. The molecule has 0 spiro atoms. The SMILES string of the molecule is CC1(C)CC(=O)c2nc(NC(=O)c3ccccc3Cl)sc2C1. The van der Waals surface area contributed by atoms with E-state index < -0.39 is 0 Å². The van der Waals surface area contributed by atoms with Crippen molar-refractivity contribution in [3.8, 4) is 0 Å². The molecule has 0 bridgehead atoms. The number of nitrogens with zero attached hydrogens (tertiary/aromatic N) is 1. The molecule has 1 aliphatic carbocycles. The molecule has 1 N–H and O–H groups in total. The minimum atomic E-state index is -0.316. The lowest BCUT2D eigenvalue weighted by molar-refractivity contribution is 0.0907. The largest absolute Gasteiger partial charge is 0.298 e. The molecule has 1 aliphatic rings. The summed E-state index contributed by atoms with van der Waals surface area (Å²) >= 11 is 7.38. The number of carbonyl (C=O) groups is 2. The highest BCUT2D eigenvalue weighted by Gasteiger charge is 2.34. The molecule has 3 rings (SSSR count). The third-order valence-corrected chi connectivity index (χ3v) is 4.88. The van der Waals surface area contributed by atoms with E-state index in [-0.39, 0.29) is 17.1 Å². The predicted octanol–water partition coefficient (Wildman–Crippen LogP) is 4.20. The van der Waals surface area contributed by atoms with E-state index in [1.54, 1.807) is 24.3 Å². The molecule has 1 aromatic heterocycles. The van der Waals surface area contributed by atoms with Crippen LogP contribution in [0, 0.1) is 5.41 Å². The normalized spacial score (nSPS) is 16.2. The van der Waals surface area contributed by atoms with Crippen molar-refractivity contribution in [1.29, 1.82) is 0 Å². The fraction of sp³-hybridized carbons (Fsp3) is 0.312. The van der Waals surface area contributed by atoms with Gasteiger partial charge in [0.25, 0.3) is 5.91 Å². The van der Waals surface area contributed by atoms with Gasteiger partial charge in [-0.05, 0) is 24.0 Å². The Hall–Kier alpha value is -1.72. The predicted molar refractivity (Wildman–Crippen MR) is 88.0 cm³/mol. The molecule has 6 heteroatoms. The summed E-state index contributed by atoms with van der Waals surface area (Å²) in [7, 11) is 0. The Labute approximate surface area is 137 Å². The zero-order valence-electron chi connectivity index (χ0n) is 12.3. The molecule has 2 aromatic rings. The van der Waals surface area contributed by atoms with Crippen LogP contribution < -0.4 is 5.32 Å². The number of fused-ring (bicyclic) bond motifs is 1. The van der Waals surface area contributed by atoms with Crippen LogP contribution in [0.5, 0.6) is 0 Å². The van der Waals surface area contributed by atoms with Crippen LogP contribution in [0.3, 0.4) is 0 Å². The lowest BCUT2D eigenvalue weighted by atomic mass is 9.78. The van der Waals surface area contributed by atoms with Gasteiger partial charge in [0, 0.05) is 11.3 Å². The number of ketones is 1. The Balaban J connectivity index is 1.85. The van der Waals surface area contributed by atoms with Gasteiger partial charge in [-0.3, -0.25) is 14.9 Å². The van der Waals surface area contributed by atoms with Crippen LogP contribution >= 0.6 is 22.9 Å². The highest BCUT2D eigenvalue weighted by molar-refractivity contribution is 7.16. The molecule has 1 amide bonds. The van der Waals surface area contributed by atoms with Crippen LogP contribution in [-0.2, 0) is 6.42 Å². The fourth-order valence-corrected chi connectivity index (χ4v) is 4.02. The highest BCUT2D eigenvalue weighted by atomic mass is 35.5. The lowest BCUT2D eigenvalue weighted by Gasteiger charge is -2.26. The van der Waals surface area contributed by atoms with Gasteiger partial charge in [-0.2, -0.15) is 0 Å². The topological polar surface area (TPSA) is 59.1 Å². The second-order valence-corrected chi connectivity index (χ2v) is 7.66. The molecule has 0 unspecified atom stereocenters. The van der Waals surface area contributed by atoms with Crippen LogP contribution in [0.1, 0.15) is 46.0 Å². The second kappa shape index (κ2) is 5.48. The molecule has 0 atom stereocenters.